The van der Waals surface area contributed by atoms with Crippen molar-refractivity contribution in [3.63, 3.8) is 0 Å². The van der Waals surface area contributed by atoms with E-state index >= 15 is 0 Å². The number of halogens is 3. The number of carboxylic acids is 1. The Morgan fingerprint density at radius 1 is 1.27 bits per heavy atom. The monoisotopic (exact) mass is 228 g/mol. The van der Waals surface area contributed by atoms with Crippen LogP contribution in [0.2, 0.25) is 0 Å². The van der Waals surface area contributed by atoms with E-state index in [1.54, 1.807) is 0 Å². The van der Waals surface area contributed by atoms with E-state index in [0.717, 1.165) is 0 Å². The van der Waals surface area contributed by atoms with E-state index in [2.05, 4.69) is 0 Å². The number of hydrogen-bond donors (Lipinski definition) is 2. The fraction of sp³-hybridized carbons (Fsp3) is 0.889. The van der Waals surface area contributed by atoms with Gasteiger partial charge in [0.25, 0.3) is 0 Å². The van der Waals surface area contributed by atoms with Crippen molar-refractivity contribution in [1.82, 2.24) is 0 Å². The summed E-state index contributed by atoms with van der Waals surface area (Å²) in [7, 11) is 0. The first-order valence-electron chi connectivity index (χ1n) is 4.44. The highest BCUT2D eigenvalue weighted by atomic mass is 19.4. The van der Waals surface area contributed by atoms with Gasteiger partial charge >= 0.3 is 12.1 Å². The zero-order valence-corrected chi connectivity index (χ0v) is 8.80. The minimum absolute atomic E-state index is 0.817. The minimum atomic E-state index is -4.76. The van der Waals surface area contributed by atoms with E-state index in [0.29, 0.717) is 0 Å². The summed E-state index contributed by atoms with van der Waals surface area (Å²) < 4.78 is 36.1. The van der Waals surface area contributed by atoms with Crippen LogP contribution in [0.3, 0.4) is 0 Å². The molecule has 2 unspecified atom stereocenters. The molecule has 0 aromatic carbocycles. The third-order valence-corrected chi connectivity index (χ3v) is 2.18. The molecule has 0 fully saturated rings. The van der Waals surface area contributed by atoms with Gasteiger partial charge in [0, 0.05) is 0 Å². The molecule has 0 aliphatic rings. The number of aliphatic hydroxyl groups excluding tert-OH is 1. The third kappa shape index (κ3) is 4.51. The van der Waals surface area contributed by atoms with Gasteiger partial charge in [-0.3, -0.25) is 4.79 Å². The van der Waals surface area contributed by atoms with Gasteiger partial charge in [-0.25, -0.2) is 0 Å². The Bertz CT molecular complexity index is 230. The van der Waals surface area contributed by atoms with Gasteiger partial charge in [0.15, 0.2) is 6.10 Å². The molecule has 0 spiro atoms. The fourth-order valence-electron chi connectivity index (χ4n) is 1.18. The van der Waals surface area contributed by atoms with Crippen molar-refractivity contribution in [3.8, 4) is 0 Å². The number of rotatable bonds is 3. The molecule has 0 heterocycles. The zero-order valence-electron chi connectivity index (χ0n) is 8.80. The first-order valence-corrected chi connectivity index (χ1v) is 4.44. The summed E-state index contributed by atoms with van der Waals surface area (Å²) in [6, 6.07) is 0. The van der Waals surface area contributed by atoms with Crippen molar-refractivity contribution in [2.45, 2.75) is 39.5 Å². The van der Waals surface area contributed by atoms with Gasteiger partial charge in [0.05, 0.1) is 5.92 Å². The molecule has 0 aliphatic carbocycles. The molecule has 0 aliphatic heterocycles. The van der Waals surface area contributed by atoms with Gasteiger partial charge in [-0.1, -0.05) is 20.8 Å². The number of hydrogen-bond acceptors (Lipinski definition) is 2. The normalized spacial score (nSPS) is 17.3. The van der Waals surface area contributed by atoms with E-state index in [4.69, 9.17) is 10.2 Å². The predicted octanol–water partition coefficient (Wildman–Crippen LogP) is 2.05. The molecule has 0 amide bonds. The van der Waals surface area contributed by atoms with E-state index < -0.39 is 36.0 Å². The largest absolute Gasteiger partial charge is 0.481 e. The van der Waals surface area contributed by atoms with E-state index in [1.165, 1.54) is 20.8 Å². The summed E-state index contributed by atoms with van der Waals surface area (Å²) in [5, 5.41) is 17.5. The lowest BCUT2D eigenvalue weighted by Gasteiger charge is -2.29. The van der Waals surface area contributed by atoms with Crippen molar-refractivity contribution in [1.29, 1.82) is 0 Å². The van der Waals surface area contributed by atoms with Crippen LogP contribution in [0.15, 0.2) is 0 Å². The average Bonchev–Trinajstić information content (AvgIpc) is 1.94. The zero-order chi connectivity index (χ0) is 12.4. The number of carboxylic acid groups (broad SMARTS) is 1. The van der Waals surface area contributed by atoms with Crippen molar-refractivity contribution < 1.29 is 28.2 Å². The Hall–Kier alpha value is -0.780. The van der Waals surface area contributed by atoms with Gasteiger partial charge in [-0.05, 0) is 11.8 Å². The van der Waals surface area contributed by atoms with Gasteiger partial charge in [0.1, 0.15) is 0 Å². The van der Waals surface area contributed by atoms with Crippen LogP contribution < -0.4 is 0 Å². The average molecular weight is 228 g/mol. The van der Waals surface area contributed by atoms with E-state index in [-0.39, 0.29) is 0 Å². The van der Waals surface area contributed by atoms with Crippen LogP contribution in [0, 0.1) is 11.3 Å². The highest BCUT2D eigenvalue weighted by molar-refractivity contribution is 5.70. The highest BCUT2D eigenvalue weighted by Gasteiger charge is 2.43. The first-order chi connectivity index (χ1) is 6.46. The second-order valence-electron chi connectivity index (χ2n) is 4.55. The van der Waals surface area contributed by atoms with Crippen LogP contribution in [-0.2, 0) is 4.79 Å². The second kappa shape index (κ2) is 4.38. The molecule has 3 nitrogen and oxygen atoms in total. The Morgan fingerprint density at radius 3 is 1.87 bits per heavy atom. The van der Waals surface area contributed by atoms with Crippen LogP contribution in [0.4, 0.5) is 13.2 Å². The van der Waals surface area contributed by atoms with Crippen LogP contribution in [0.5, 0.6) is 0 Å². The van der Waals surface area contributed by atoms with Crippen LogP contribution >= 0.6 is 0 Å². The summed E-state index contributed by atoms with van der Waals surface area (Å²) in [6.45, 7) is 4.57. The Kier molecular flexibility index (Phi) is 4.16. The minimum Gasteiger partial charge on any atom is -0.481 e. The van der Waals surface area contributed by atoms with Gasteiger partial charge in [-0.2, -0.15) is 13.2 Å². The lowest BCUT2D eigenvalue weighted by atomic mass is 9.77. The quantitative estimate of drug-likeness (QED) is 0.777. The maximum Gasteiger partial charge on any atom is 0.414 e. The molecule has 0 aromatic rings. The summed E-state index contributed by atoms with van der Waals surface area (Å²) in [5.74, 6) is -2.56. The smallest absolute Gasteiger partial charge is 0.414 e. The van der Waals surface area contributed by atoms with Gasteiger partial charge in [0.2, 0.25) is 0 Å². The molecular formula is C9H15F3O3. The van der Waals surface area contributed by atoms with Crippen molar-refractivity contribution in [3.05, 3.63) is 0 Å². The summed E-state index contributed by atoms with van der Waals surface area (Å²) in [5.41, 5.74) is -0.821. The third-order valence-electron chi connectivity index (χ3n) is 2.18. The number of aliphatic carboxylic acids is 1. The number of aliphatic hydroxyl groups is 1. The summed E-state index contributed by atoms with van der Waals surface area (Å²) >= 11 is 0. The van der Waals surface area contributed by atoms with Crippen molar-refractivity contribution >= 4 is 5.97 Å². The maximum absolute atomic E-state index is 12.0. The predicted molar refractivity (Wildman–Crippen MR) is 47.3 cm³/mol. The standard InChI is InChI=1S/C9H15F3O3/c1-8(2,3)5(7(14)15)4-6(13)9(10,11)12/h5-6,13H,4H2,1-3H3,(H,14,15). The Morgan fingerprint density at radius 2 is 1.67 bits per heavy atom. The van der Waals surface area contributed by atoms with E-state index in [9.17, 15) is 18.0 Å². The number of alkyl halides is 3. The highest BCUT2D eigenvalue weighted by Crippen LogP contribution is 2.34. The molecule has 6 heteroatoms. The molecule has 2 atom stereocenters. The number of carbonyl (C=O) groups is 1. The molecule has 0 saturated carbocycles. The molecule has 0 bridgehead atoms. The molecule has 0 radical (unpaired) electrons. The Balaban J connectivity index is 4.65. The molecule has 90 valence electrons. The fourth-order valence-corrected chi connectivity index (χ4v) is 1.18. The molecule has 2 N–H and O–H groups in total. The van der Waals surface area contributed by atoms with E-state index in [1.807, 2.05) is 0 Å². The van der Waals surface area contributed by atoms with Crippen LogP contribution in [0.25, 0.3) is 0 Å². The van der Waals surface area contributed by atoms with Crippen molar-refractivity contribution in [2.24, 2.45) is 11.3 Å². The lowest BCUT2D eigenvalue weighted by molar-refractivity contribution is -0.211. The topological polar surface area (TPSA) is 57.5 Å². The Labute approximate surface area is 85.9 Å². The van der Waals surface area contributed by atoms with Crippen LogP contribution in [-0.4, -0.2) is 28.5 Å². The SMILES string of the molecule is CC(C)(C)C(CC(O)C(F)(F)F)C(=O)O. The van der Waals surface area contributed by atoms with Gasteiger partial charge in [-0.15, -0.1) is 0 Å². The maximum atomic E-state index is 12.0. The molecule has 15 heavy (non-hydrogen) atoms. The summed E-state index contributed by atoms with van der Waals surface area (Å²) in [4.78, 5) is 10.7. The molecule has 0 saturated heterocycles. The molecule has 0 aromatic heterocycles. The van der Waals surface area contributed by atoms with Crippen LogP contribution in [0.1, 0.15) is 27.2 Å². The van der Waals surface area contributed by atoms with Gasteiger partial charge < -0.3 is 10.2 Å². The first kappa shape index (κ1) is 14.2. The van der Waals surface area contributed by atoms with Crippen molar-refractivity contribution in [2.75, 3.05) is 0 Å². The lowest BCUT2D eigenvalue weighted by Crippen LogP contribution is -2.37. The second-order valence-corrected chi connectivity index (χ2v) is 4.55. The molecular weight excluding hydrogens is 213 g/mol. The molecule has 0 rings (SSSR count). The summed E-state index contributed by atoms with van der Waals surface area (Å²) in [6.07, 6.45) is -8.17.